The van der Waals surface area contributed by atoms with E-state index in [4.69, 9.17) is 11.6 Å². The Morgan fingerprint density at radius 1 is 1.23 bits per heavy atom. The molecule has 6 nitrogen and oxygen atoms in total. The van der Waals surface area contributed by atoms with Crippen molar-refractivity contribution in [3.05, 3.63) is 45.0 Å². The highest BCUT2D eigenvalue weighted by molar-refractivity contribution is 7.17. The van der Waals surface area contributed by atoms with Gasteiger partial charge >= 0.3 is 6.18 Å². The van der Waals surface area contributed by atoms with E-state index in [-0.39, 0.29) is 21.3 Å². The van der Waals surface area contributed by atoms with Gasteiger partial charge < -0.3 is 4.90 Å². The number of amides is 1. The first-order valence-electron chi connectivity index (χ1n) is 8.82. The van der Waals surface area contributed by atoms with Crippen LogP contribution >= 0.6 is 22.9 Å². The van der Waals surface area contributed by atoms with Crippen LogP contribution in [0.1, 0.15) is 5.56 Å². The topological polar surface area (TPSA) is 68.1 Å². The smallest absolute Gasteiger partial charge is 0.335 e. The summed E-state index contributed by atoms with van der Waals surface area (Å²) in [6.07, 6.45) is -6.10. The van der Waals surface area contributed by atoms with Crippen LogP contribution in [0.5, 0.6) is 0 Å². The summed E-state index contributed by atoms with van der Waals surface area (Å²) < 4.78 is 67.2. The molecule has 0 aromatic carbocycles. The third-order valence-corrected chi connectivity index (χ3v) is 6.04. The number of aromatic nitrogens is 3. The summed E-state index contributed by atoms with van der Waals surface area (Å²) in [4.78, 5) is 34.2. The van der Waals surface area contributed by atoms with Gasteiger partial charge in [0.15, 0.2) is 12.3 Å². The van der Waals surface area contributed by atoms with Crippen LogP contribution in [0.3, 0.4) is 0 Å². The Hall–Kier alpha value is -2.60. The zero-order valence-corrected chi connectivity index (χ0v) is 16.9. The van der Waals surface area contributed by atoms with Gasteiger partial charge in [0.2, 0.25) is 5.91 Å². The molecular formula is C18H12ClF5N4O2S. The minimum Gasteiger partial charge on any atom is -0.335 e. The Morgan fingerprint density at radius 3 is 2.55 bits per heavy atom. The van der Waals surface area contributed by atoms with Gasteiger partial charge in [-0.1, -0.05) is 11.6 Å². The summed E-state index contributed by atoms with van der Waals surface area (Å²) in [5.74, 6) is -0.671. The molecule has 1 aliphatic rings. The fourth-order valence-electron chi connectivity index (χ4n) is 3.26. The Labute approximate surface area is 179 Å². The number of halogens is 6. The second-order valence-corrected chi connectivity index (χ2v) is 8.11. The summed E-state index contributed by atoms with van der Waals surface area (Å²) in [5.41, 5.74) is -1.67. The molecule has 3 aromatic heterocycles. The molecule has 0 saturated carbocycles. The number of hydrogen-bond donors (Lipinski definition) is 0. The maximum absolute atomic E-state index is 13.4. The maximum Gasteiger partial charge on any atom is 0.419 e. The molecule has 1 fully saturated rings. The van der Waals surface area contributed by atoms with E-state index in [1.54, 1.807) is 0 Å². The Morgan fingerprint density at radius 2 is 1.90 bits per heavy atom. The molecule has 0 N–H and O–H groups in total. The number of carbonyl (C=O) groups excluding carboxylic acids is 1. The molecule has 1 aliphatic heterocycles. The number of pyridine rings is 1. The Balaban J connectivity index is 1.72. The molecular weight excluding hydrogens is 467 g/mol. The van der Waals surface area contributed by atoms with E-state index in [1.165, 1.54) is 5.38 Å². The third-order valence-electron chi connectivity index (χ3n) is 4.86. The molecule has 3 aromatic rings. The SMILES string of the molecule is O=C(Cn1cnc2scc(-c3cnc(Cl)c(C(F)(F)F)c3)c2c1=O)N1CC(F)C(F)C1. The monoisotopic (exact) mass is 478 g/mol. The fraction of sp³-hybridized carbons (Fsp3) is 0.333. The first kappa shape index (κ1) is 21.6. The predicted molar refractivity (Wildman–Crippen MR) is 103 cm³/mol. The zero-order chi connectivity index (χ0) is 22.5. The summed E-state index contributed by atoms with van der Waals surface area (Å²) in [6.45, 7) is -1.33. The van der Waals surface area contributed by atoms with Crippen molar-refractivity contribution in [2.45, 2.75) is 25.1 Å². The van der Waals surface area contributed by atoms with Crippen LogP contribution in [0.4, 0.5) is 22.0 Å². The van der Waals surface area contributed by atoms with Gasteiger partial charge in [0.25, 0.3) is 5.56 Å². The van der Waals surface area contributed by atoms with Gasteiger partial charge in [0.05, 0.1) is 30.4 Å². The second kappa shape index (κ2) is 7.83. The van der Waals surface area contributed by atoms with Crippen molar-refractivity contribution in [2.24, 2.45) is 0 Å². The van der Waals surface area contributed by atoms with Crippen molar-refractivity contribution in [3.63, 3.8) is 0 Å². The van der Waals surface area contributed by atoms with E-state index in [1.807, 2.05) is 0 Å². The van der Waals surface area contributed by atoms with Gasteiger partial charge in [-0.25, -0.2) is 18.7 Å². The predicted octanol–water partition coefficient (Wildman–Crippen LogP) is 3.71. The van der Waals surface area contributed by atoms with Gasteiger partial charge in [-0.2, -0.15) is 13.2 Å². The van der Waals surface area contributed by atoms with E-state index in [0.717, 1.165) is 39.4 Å². The number of alkyl halides is 5. The first-order valence-corrected chi connectivity index (χ1v) is 10.1. The highest BCUT2D eigenvalue weighted by atomic mass is 35.5. The van der Waals surface area contributed by atoms with E-state index < -0.39 is 60.3 Å². The van der Waals surface area contributed by atoms with Gasteiger partial charge in [-0.05, 0) is 6.07 Å². The molecule has 4 rings (SSSR count). The zero-order valence-electron chi connectivity index (χ0n) is 15.4. The molecule has 2 atom stereocenters. The number of hydrogen-bond acceptors (Lipinski definition) is 5. The van der Waals surface area contributed by atoms with Crippen LogP contribution in [0.15, 0.2) is 28.8 Å². The lowest BCUT2D eigenvalue weighted by Crippen LogP contribution is -2.35. The van der Waals surface area contributed by atoms with Gasteiger partial charge in [0, 0.05) is 22.7 Å². The molecule has 0 aliphatic carbocycles. The summed E-state index contributed by atoms with van der Waals surface area (Å²) >= 11 is 6.59. The van der Waals surface area contributed by atoms with Crippen molar-refractivity contribution in [1.29, 1.82) is 0 Å². The highest BCUT2D eigenvalue weighted by Gasteiger charge is 2.36. The fourth-order valence-corrected chi connectivity index (χ4v) is 4.38. The van der Waals surface area contributed by atoms with Crippen LogP contribution in [-0.4, -0.2) is 50.8 Å². The summed E-state index contributed by atoms with van der Waals surface area (Å²) in [6, 6.07) is 0.783. The average molecular weight is 479 g/mol. The van der Waals surface area contributed by atoms with Crippen molar-refractivity contribution >= 4 is 39.1 Å². The lowest BCUT2D eigenvalue weighted by Gasteiger charge is -2.15. The van der Waals surface area contributed by atoms with Crippen LogP contribution in [0.25, 0.3) is 21.3 Å². The molecule has 13 heteroatoms. The quantitative estimate of drug-likeness (QED) is 0.425. The standard InChI is InChI=1S/C18H12ClF5N4O2S/c19-15-10(18(22,23)24)1-8(2-25-15)9-6-31-16-14(9)17(30)28(7-26-16)5-13(29)27-3-11(20)12(21)4-27/h1-2,6-7,11-12H,3-5H2. The largest absolute Gasteiger partial charge is 0.419 e. The molecule has 1 saturated heterocycles. The minimum atomic E-state index is -4.74. The summed E-state index contributed by atoms with van der Waals surface area (Å²) in [5, 5.41) is 0.739. The number of thiophene rings is 1. The Bertz CT molecular complexity index is 1220. The maximum atomic E-state index is 13.4. The van der Waals surface area contributed by atoms with Crippen molar-refractivity contribution in [1.82, 2.24) is 19.4 Å². The van der Waals surface area contributed by atoms with Gasteiger partial charge in [-0.3, -0.25) is 14.2 Å². The number of carbonyl (C=O) groups is 1. The highest BCUT2D eigenvalue weighted by Crippen LogP contribution is 2.38. The van der Waals surface area contributed by atoms with E-state index >= 15 is 0 Å². The lowest BCUT2D eigenvalue weighted by molar-refractivity contribution is -0.137. The van der Waals surface area contributed by atoms with Crippen molar-refractivity contribution in [3.8, 4) is 11.1 Å². The van der Waals surface area contributed by atoms with Crippen LogP contribution < -0.4 is 5.56 Å². The number of nitrogens with zero attached hydrogens (tertiary/aromatic N) is 4. The molecule has 164 valence electrons. The van der Waals surface area contributed by atoms with E-state index in [2.05, 4.69) is 9.97 Å². The minimum absolute atomic E-state index is 0.00528. The molecule has 0 bridgehead atoms. The molecule has 2 unspecified atom stereocenters. The molecule has 1 amide bonds. The molecule has 4 heterocycles. The lowest BCUT2D eigenvalue weighted by atomic mass is 10.1. The third kappa shape index (κ3) is 4.01. The normalized spacial score (nSPS) is 19.4. The van der Waals surface area contributed by atoms with Crippen molar-refractivity contribution in [2.75, 3.05) is 13.1 Å². The van der Waals surface area contributed by atoms with Crippen molar-refractivity contribution < 1.29 is 26.7 Å². The van der Waals surface area contributed by atoms with E-state index in [9.17, 15) is 31.5 Å². The molecule has 0 radical (unpaired) electrons. The van der Waals surface area contributed by atoms with Gasteiger partial charge in [-0.15, -0.1) is 11.3 Å². The number of rotatable bonds is 3. The number of likely N-dealkylation sites (tertiary alicyclic amines) is 1. The first-order chi connectivity index (χ1) is 14.6. The Kier molecular flexibility index (Phi) is 5.46. The molecule has 0 spiro atoms. The molecule has 31 heavy (non-hydrogen) atoms. The number of fused-ring (bicyclic) bond motifs is 1. The van der Waals surface area contributed by atoms with Gasteiger partial charge in [0.1, 0.15) is 16.5 Å². The average Bonchev–Trinajstić information content (AvgIpc) is 3.27. The second-order valence-electron chi connectivity index (χ2n) is 6.90. The summed E-state index contributed by atoms with van der Waals surface area (Å²) in [7, 11) is 0. The van der Waals surface area contributed by atoms with Crippen LogP contribution in [0.2, 0.25) is 5.15 Å². The van der Waals surface area contributed by atoms with Crippen LogP contribution in [-0.2, 0) is 17.5 Å². The van der Waals surface area contributed by atoms with E-state index in [0.29, 0.717) is 0 Å². The van der Waals surface area contributed by atoms with Crippen LogP contribution in [0, 0.1) is 0 Å².